The highest BCUT2D eigenvalue weighted by Crippen LogP contribution is 2.28. The van der Waals surface area contributed by atoms with Gasteiger partial charge < -0.3 is 5.11 Å². The molecule has 0 radical (unpaired) electrons. The lowest BCUT2D eigenvalue weighted by Gasteiger charge is -2.17. The Morgan fingerprint density at radius 1 is 1.18 bits per heavy atom. The predicted molar refractivity (Wildman–Crippen MR) is 69.7 cm³/mol. The molecule has 0 fully saturated rings. The number of aryl methyl sites for hydroxylation is 1. The van der Waals surface area contributed by atoms with E-state index in [0.29, 0.717) is 0 Å². The first-order valence-electron chi connectivity index (χ1n) is 6.57. The van der Waals surface area contributed by atoms with Crippen LogP contribution in [0.5, 0.6) is 0 Å². The van der Waals surface area contributed by atoms with E-state index in [1.165, 1.54) is 31.3 Å². The van der Waals surface area contributed by atoms with E-state index < -0.39 is 6.10 Å². The lowest BCUT2D eigenvalue weighted by Crippen LogP contribution is -2.04. The van der Waals surface area contributed by atoms with Crippen molar-refractivity contribution in [3.63, 3.8) is 0 Å². The number of hydrogen-bond donors (Lipinski definition) is 1. The van der Waals surface area contributed by atoms with Gasteiger partial charge in [0.1, 0.15) is 6.10 Å². The number of aliphatic hydroxyl groups is 1. The van der Waals surface area contributed by atoms with Gasteiger partial charge >= 0.3 is 0 Å². The second kappa shape index (κ2) is 5.97. The van der Waals surface area contributed by atoms with Crippen LogP contribution in [0, 0.1) is 6.92 Å². The zero-order valence-corrected chi connectivity index (χ0v) is 10.5. The molecule has 1 aromatic heterocycles. The quantitative estimate of drug-likeness (QED) is 0.787. The summed E-state index contributed by atoms with van der Waals surface area (Å²) in [5.74, 6) is 0. The molecule has 1 unspecified atom stereocenters. The molecule has 2 nitrogen and oxygen atoms in total. The molecule has 1 aliphatic carbocycles. The lowest BCUT2D eigenvalue weighted by molar-refractivity contribution is 0.209. The van der Waals surface area contributed by atoms with Crippen molar-refractivity contribution in [2.45, 2.75) is 51.6 Å². The average molecular weight is 231 g/mol. The Bertz CT molecular complexity index is 380. The lowest BCUT2D eigenvalue weighted by atomic mass is 9.93. The van der Waals surface area contributed by atoms with Crippen LogP contribution >= 0.6 is 0 Å². The van der Waals surface area contributed by atoms with Crippen LogP contribution in [0.4, 0.5) is 0 Å². The Balaban J connectivity index is 2.11. The summed E-state index contributed by atoms with van der Waals surface area (Å²) in [6.07, 6.45) is 10.7. The molecule has 0 saturated heterocycles. The Hall–Kier alpha value is -1.15. The summed E-state index contributed by atoms with van der Waals surface area (Å²) in [4.78, 5) is 4.25. The van der Waals surface area contributed by atoms with Crippen LogP contribution in [-0.2, 0) is 0 Å². The summed E-state index contributed by atoms with van der Waals surface area (Å²) in [7, 11) is 0. The first-order chi connectivity index (χ1) is 8.27. The molecular formula is C15H21NO. The minimum absolute atomic E-state index is 0.457. The van der Waals surface area contributed by atoms with Crippen molar-refractivity contribution < 1.29 is 5.11 Å². The van der Waals surface area contributed by atoms with E-state index in [1.54, 1.807) is 6.20 Å². The largest absolute Gasteiger partial charge is 0.384 e. The number of allylic oxidation sites excluding steroid dienone is 1. The van der Waals surface area contributed by atoms with E-state index in [0.717, 1.165) is 24.1 Å². The average Bonchev–Trinajstić information content (AvgIpc) is 2.29. The van der Waals surface area contributed by atoms with Gasteiger partial charge in [-0.25, -0.2) is 0 Å². The first kappa shape index (κ1) is 12.3. The molecule has 0 aromatic carbocycles. The Morgan fingerprint density at radius 2 is 2.00 bits per heavy atom. The van der Waals surface area contributed by atoms with Crippen molar-refractivity contribution in [3.8, 4) is 0 Å². The molecule has 0 bridgehead atoms. The summed E-state index contributed by atoms with van der Waals surface area (Å²) in [6.45, 7) is 1.96. The molecule has 1 atom stereocenters. The number of rotatable bonds is 2. The number of pyridine rings is 1. The van der Waals surface area contributed by atoms with Gasteiger partial charge in [0.25, 0.3) is 0 Å². The molecule has 0 aliphatic heterocycles. The Kier molecular flexibility index (Phi) is 4.32. The third-order valence-corrected chi connectivity index (χ3v) is 3.43. The molecule has 2 heteroatoms. The molecule has 0 spiro atoms. The molecule has 0 saturated carbocycles. The van der Waals surface area contributed by atoms with Crippen LogP contribution in [-0.4, -0.2) is 10.1 Å². The molecule has 2 rings (SSSR count). The SMILES string of the molecule is Cc1ccc(C(O)/C2=C/CCCCCC2)cn1. The van der Waals surface area contributed by atoms with E-state index >= 15 is 0 Å². The molecule has 1 N–H and O–H groups in total. The topological polar surface area (TPSA) is 33.1 Å². The van der Waals surface area contributed by atoms with Crippen molar-refractivity contribution in [2.75, 3.05) is 0 Å². The van der Waals surface area contributed by atoms with Crippen molar-refractivity contribution in [1.29, 1.82) is 0 Å². The van der Waals surface area contributed by atoms with Gasteiger partial charge in [-0.3, -0.25) is 4.98 Å². The zero-order chi connectivity index (χ0) is 12.1. The summed E-state index contributed by atoms with van der Waals surface area (Å²) in [5, 5.41) is 10.3. The third kappa shape index (κ3) is 3.40. The highest BCUT2D eigenvalue weighted by Gasteiger charge is 2.14. The molecule has 1 heterocycles. The number of hydrogen-bond acceptors (Lipinski definition) is 2. The molecule has 17 heavy (non-hydrogen) atoms. The Labute approximate surface area is 103 Å². The fourth-order valence-electron chi connectivity index (χ4n) is 2.32. The van der Waals surface area contributed by atoms with Crippen LogP contribution < -0.4 is 0 Å². The fraction of sp³-hybridized carbons (Fsp3) is 0.533. The van der Waals surface area contributed by atoms with E-state index in [4.69, 9.17) is 0 Å². The summed E-state index contributed by atoms with van der Waals surface area (Å²) in [6, 6.07) is 3.94. The second-order valence-electron chi connectivity index (χ2n) is 4.87. The van der Waals surface area contributed by atoms with Gasteiger partial charge in [-0.2, -0.15) is 0 Å². The molecule has 92 valence electrons. The van der Waals surface area contributed by atoms with Crippen LogP contribution in [0.1, 0.15) is 55.9 Å². The summed E-state index contributed by atoms with van der Waals surface area (Å²) >= 11 is 0. The maximum Gasteiger partial charge on any atom is 0.102 e. The van der Waals surface area contributed by atoms with E-state index in [1.807, 2.05) is 19.1 Å². The minimum Gasteiger partial charge on any atom is -0.384 e. The standard InChI is InChI=1S/C15H21NO/c1-12-9-10-14(11-16-12)15(17)13-7-5-3-2-4-6-8-13/h7,9-11,15,17H,2-6,8H2,1H3/b13-7+. The normalized spacial score (nSPS) is 22.1. The van der Waals surface area contributed by atoms with Crippen LogP contribution in [0.15, 0.2) is 30.0 Å². The fourth-order valence-corrected chi connectivity index (χ4v) is 2.32. The third-order valence-electron chi connectivity index (χ3n) is 3.43. The van der Waals surface area contributed by atoms with Gasteiger partial charge in [0.05, 0.1) is 0 Å². The number of nitrogens with zero attached hydrogens (tertiary/aromatic N) is 1. The van der Waals surface area contributed by atoms with E-state index in [9.17, 15) is 5.11 Å². The Morgan fingerprint density at radius 3 is 2.76 bits per heavy atom. The first-order valence-corrected chi connectivity index (χ1v) is 6.57. The van der Waals surface area contributed by atoms with Gasteiger partial charge in [-0.1, -0.05) is 25.0 Å². The maximum atomic E-state index is 10.3. The highest BCUT2D eigenvalue weighted by molar-refractivity contribution is 5.24. The van der Waals surface area contributed by atoms with E-state index in [-0.39, 0.29) is 0 Å². The van der Waals surface area contributed by atoms with Crippen molar-refractivity contribution >= 4 is 0 Å². The summed E-state index contributed by atoms with van der Waals surface area (Å²) < 4.78 is 0. The highest BCUT2D eigenvalue weighted by atomic mass is 16.3. The van der Waals surface area contributed by atoms with Crippen molar-refractivity contribution in [1.82, 2.24) is 4.98 Å². The molecule has 1 aromatic rings. The monoisotopic (exact) mass is 231 g/mol. The molecule has 1 aliphatic rings. The van der Waals surface area contributed by atoms with Crippen LogP contribution in [0.2, 0.25) is 0 Å². The van der Waals surface area contributed by atoms with Crippen molar-refractivity contribution in [3.05, 3.63) is 41.2 Å². The summed E-state index contributed by atoms with van der Waals surface area (Å²) in [5.41, 5.74) is 3.09. The number of aromatic nitrogens is 1. The molecule has 0 amide bonds. The minimum atomic E-state index is -0.457. The van der Waals surface area contributed by atoms with Gasteiger partial charge in [0, 0.05) is 17.5 Å². The van der Waals surface area contributed by atoms with Crippen molar-refractivity contribution in [2.24, 2.45) is 0 Å². The van der Waals surface area contributed by atoms with E-state index in [2.05, 4.69) is 11.1 Å². The zero-order valence-electron chi connectivity index (χ0n) is 10.5. The second-order valence-corrected chi connectivity index (χ2v) is 4.87. The van der Waals surface area contributed by atoms with Crippen LogP contribution in [0.25, 0.3) is 0 Å². The maximum absolute atomic E-state index is 10.3. The predicted octanol–water partition coefficient (Wildman–Crippen LogP) is 3.70. The molecular weight excluding hydrogens is 210 g/mol. The van der Waals surface area contributed by atoms with Gasteiger partial charge in [-0.05, 0) is 44.2 Å². The smallest absolute Gasteiger partial charge is 0.102 e. The van der Waals surface area contributed by atoms with Gasteiger partial charge in [-0.15, -0.1) is 0 Å². The van der Waals surface area contributed by atoms with Gasteiger partial charge in [0.15, 0.2) is 0 Å². The van der Waals surface area contributed by atoms with Gasteiger partial charge in [0.2, 0.25) is 0 Å². The number of aliphatic hydroxyl groups excluding tert-OH is 1. The van der Waals surface area contributed by atoms with Crippen LogP contribution in [0.3, 0.4) is 0 Å².